The zero-order valence-corrected chi connectivity index (χ0v) is 22.0. The van der Waals surface area contributed by atoms with E-state index in [2.05, 4.69) is 42.5 Å². The summed E-state index contributed by atoms with van der Waals surface area (Å²) in [5.74, 6) is 1.83. The molecular formula is C33H18ClN3OS. The van der Waals surface area contributed by atoms with E-state index in [4.69, 9.17) is 31.0 Å². The van der Waals surface area contributed by atoms with Gasteiger partial charge in [-0.3, -0.25) is 0 Å². The van der Waals surface area contributed by atoms with Gasteiger partial charge >= 0.3 is 0 Å². The molecule has 39 heavy (non-hydrogen) atoms. The third-order valence-electron chi connectivity index (χ3n) is 7.02. The number of rotatable bonds is 3. The van der Waals surface area contributed by atoms with Gasteiger partial charge in [0.1, 0.15) is 5.58 Å². The SMILES string of the molecule is Clc1cccc2c1oc1cccc(-c3nc(-c4ccccc4)nc(-c4ccc5c(c4)sc4ccccc45)n3)c12. The van der Waals surface area contributed by atoms with Gasteiger partial charge in [-0.2, -0.15) is 0 Å². The second-order valence-electron chi connectivity index (χ2n) is 9.38. The fraction of sp³-hybridized carbons (Fsp3) is 0. The highest BCUT2D eigenvalue weighted by molar-refractivity contribution is 7.25. The molecule has 0 saturated carbocycles. The number of benzene rings is 5. The van der Waals surface area contributed by atoms with Gasteiger partial charge in [-0.1, -0.05) is 96.5 Å². The number of thiophene rings is 1. The first-order valence-electron chi connectivity index (χ1n) is 12.6. The molecule has 0 N–H and O–H groups in total. The van der Waals surface area contributed by atoms with Gasteiger partial charge in [-0.25, -0.2) is 15.0 Å². The molecule has 4 nitrogen and oxygen atoms in total. The maximum Gasteiger partial charge on any atom is 0.164 e. The van der Waals surface area contributed by atoms with Crippen molar-refractivity contribution in [1.82, 2.24) is 15.0 Å². The molecule has 0 aliphatic heterocycles. The predicted molar refractivity (Wildman–Crippen MR) is 161 cm³/mol. The van der Waals surface area contributed by atoms with Crippen LogP contribution in [0.4, 0.5) is 0 Å². The summed E-state index contributed by atoms with van der Waals surface area (Å²) in [5.41, 5.74) is 4.15. The lowest BCUT2D eigenvalue weighted by molar-refractivity contribution is 0.669. The van der Waals surface area contributed by atoms with E-state index < -0.39 is 0 Å². The van der Waals surface area contributed by atoms with Crippen LogP contribution < -0.4 is 0 Å². The van der Waals surface area contributed by atoms with E-state index in [0.29, 0.717) is 28.1 Å². The van der Waals surface area contributed by atoms with E-state index in [1.54, 1.807) is 11.3 Å². The predicted octanol–water partition coefficient (Wildman–Crippen LogP) is 9.79. The zero-order chi connectivity index (χ0) is 25.9. The summed E-state index contributed by atoms with van der Waals surface area (Å²) in [4.78, 5) is 14.9. The minimum Gasteiger partial charge on any atom is -0.454 e. The molecule has 0 radical (unpaired) electrons. The van der Waals surface area contributed by atoms with Crippen LogP contribution in [0.5, 0.6) is 0 Å². The van der Waals surface area contributed by atoms with Gasteiger partial charge in [0.15, 0.2) is 23.1 Å². The molecule has 0 aliphatic rings. The van der Waals surface area contributed by atoms with Gasteiger partial charge in [0, 0.05) is 47.6 Å². The van der Waals surface area contributed by atoms with Crippen molar-refractivity contribution in [3.05, 3.63) is 114 Å². The Bertz CT molecular complexity index is 2200. The van der Waals surface area contributed by atoms with Crippen molar-refractivity contribution in [3.8, 4) is 34.2 Å². The number of hydrogen-bond donors (Lipinski definition) is 0. The van der Waals surface area contributed by atoms with Gasteiger partial charge < -0.3 is 4.42 Å². The quantitative estimate of drug-likeness (QED) is 0.224. The molecule has 0 aliphatic carbocycles. The van der Waals surface area contributed by atoms with Crippen LogP contribution in [0.25, 0.3) is 76.3 Å². The number of para-hydroxylation sites is 1. The summed E-state index contributed by atoms with van der Waals surface area (Å²) in [7, 11) is 0. The number of furan rings is 1. The Labute approximate surface area is 232 Å². The summed E-state index contributed by atoms with van der Waals surface area (Å²) < 4.78 is 8.62. The zero-order valence-electron chi connectivity index (χ0n) is 20.4. The van der Waals surface area contributed by atoms with Crippen LogP contribution in [0, 0.1) is 0 Å². The fourth-order valence-corrected chi connectivity index (χ4v) is 6.56. The molecule has 8 rings (SSSR count). The maximum atomic E-state index is 6.48. The molecule has 184 valence electrons. The smallest absolute Gasteiger partial charge is 0.164 e. The van der Waals surface area contributed by atoms with Crippen LogP contribution in [0.3, 0.4) is 0 Å². The molecule has 5 aromatic carbocycles. The topological polar surface area (TPSA) is 51.8 Å². The van der Waals surface area contributed by atoms with Gasteiger partial charge in [0.2, 0.25) is 0 Å². The van der Waals surface area contributed by atoms with Crippen molar-refractivity contribution >= 4 is 65.0 Å². The molecule has 0 unspecified atom stereocenters. The minimum atomic E-state index is 0.576. The highest BCUT2D eigenvalue weighted by atomic mass is 35.5. The summed E-state index contributed by atoms with van der Waals surface area (Å²) in [6.45, 7) is 0. The van der Waals surface area contributed by atoms with Crippen LogP contribution in [-0.2, 0) is 0 Å². The van der Waals surface area contributed by atoms with E-state index >= 15 is 0 Å². The maximum absolute atomic E-state index is 6.48. The second kappa shape index (κ2) is 8.73. The van der Waals surface area contributed by atoms with Crippen molar-refractivity contribution in [2.75, 3.05) is 0 Å². The van der Waals surface area contributed by atoms with E-state index in [9.17, 15) is 0 Å². The van der Waals surface area contributed by atoms with Gasteiger partial charge in [-0.05, 0) is 24.3 Å². The first-order valence-corrected chi connectivity index (χ1v) is 13.8. The number of halogens is 1. The van der Waals surface area contributed by atoms with Gasteiger partial charge in [0.25, 0.3) is 0 Å². The molecule has 0 spiro atoms. The molecule has 0 amide bonds. The molecule has 3 heterocycles. The average molecular weight is 540 g/mol. The highest BCUT2D eigenvalue weighted by Gasteiger charge is 2.19. The van der Waals surface area contributed by atoms with E-state index in [-0.39, 0.29) is 0 Å². The highest BCUT2D eigenvalue weighted by Crippen LogP contribution is 2.39. The summed E-state index contributed by atoms with van der Waals surface area (Å²) in [5, 5.41) is 4.95. The molecule has 0 fully saturated rings. The van der Waals surface area contributed by atoms with Crippen molar-refractivity contribution in [2.45, 2.75) is 0 Å². The summed E-state index contributed by atoms with van der Waals surface area (Å²) >= 11 is 8.26. The average Bonchev–Trinajstić information content (AvgIpc) is 3.56. The molecule has 8 aromatic rings. The van der Waals surface area contributed by atoms with Crippen molar-refractivity contribution in [1.29, 1.82) is 0 Å². The largest absolute Gasteiger partial charge is 0.454 e. The molecular weight excluding hydrogens is 522 g/mol. The Balaban J connectivity index is 1.39. The number of hydrogen-bond acceptors (Lipinski definition) is 5. The second-order valence-corrected chi connectivity index (χ2v) is 10.9. The number of fused-ring (bicyclic) bond motifs is 6. The fourth-order valence-electron chi connectivity index (χ4n) is 5.21. The van der Waals surface area contributed by atoms with Crippen molar-refractivity contribution in [3.63, 3.8) is 0 Å². The van der Waals surface area contributed by atoms with Crippen LogP contribution in [-0.4, -0.2) is 15.0 Å². The van der Waals surface area contributed by atoms with Gasteiger partial charge in [-0.15, -0.1) is 11.3 Å². The molecule has 0 saturated heterocycles. The van der Waals surface area contributed by atoms with Gasteiger partial charge in [0.05, 0.1) is 5.02 Å². The van der Waals surface area contributed by atoms with E-state index in [1.807, 2.05) is 66.7 Å². The third-order valence-corrected chi connectivity index (χ3v) is 8.45. The monoisotopic (exact) mass is 539 g/mol. The van der Waals surface area contributed by atoms with E-state index in [0.717, 1.165) is 33.0 Å². The van der Waals surface area contributed by atoms with Crippen molar-refractivity contribution in [2.24, 2.45) is 0 Å². The minimum absolute atomic E-state index is 0.576. The van der Waals surface area contributed by atoms with Crippen LogP contribution in [0.15, 0.2) is 114 Å². The molecule has 6 heteroatoms. The Morgan fingerprint density at radius 3 is 2.18 bits per heavy atom. The normalized spacial score (nSPS) is 11.7. The number of aromatic nitrogens is 3. The third kappa shape index (κ3) is 3.62. The molecule has 0 atom stereocenters. The first-order chi connectivity index (χ1) is 19.2. The Morgan fingerprint density at radius 2 is 1.28 bits per heavy atom. The summed E-state index contributed by atoms with van der Waals surface area (Å²) in [6.07, 6.45) is 0. The van der Waals surface area contributed by atoms with Crippen LogP contribution in [0.1, 0.15) is 0 Å². The lowest BCUT2D eigenvalue weighted by atomic mass is 10.1. The van der Waals surface area contributed by atoms with E-state index in [1.165, 1.54) is 20.2 Å². The Morgan fingerprint density at radius 1 is 0.564 bits per heavy atom. The summed E-state index contributed by atoms with van der Waals surface area (Å²) in [6, 6.07) is 36.7. The lowest BCUT2D eigenvalue weighted by Crippen LogP contribution is -2.00. The Kier molecular flexibility index (Phi) is 5.02. The standard InChI is InChI=1S/C33H18ClN3OS/c34-25-13-6-11-23-29-24(12-7-14-26(29)38-30(23)25)33-36-31(19-8-2-1-3-9-19)35-32(37-33)20-16-17-22-21-10-4-5-15-27(21)39-28(22)18-20/h1-18H. The molecule has 3 aromatic heterocycles. The van der Waals surface area contributed by atoms with Crippen LogP contribution >= 0.6 is 22.9 Å². The van der Waals surface area contributed by atoms with Crippen molar-refractivity contribution < 1.29 is 4.42 Å². The molecule has 0 bridgehead atoms. The van der Waals surface area contributed by atoms with Crippen LogP contribution in [0.2, 0.25) is 5.02 Å². The first kappa shape index (κ1) is 22.4. The lowest BCUT2D eigenvalue weighted by Gasteiger charge is -2.09. The Hall–Kier alpha value is -4.58. The number of nitrogens with zero attached hydrogens (tertiary/aromatic N) is 3.